The van der Waals surface area contributed by atoms with Gasteiger partial charge in [-0.05, 0) is 68.1 Å². The minimum Gasteiger partial charge on any atom is -0.497 e. The first-order chi connectivity index (χ1) is 13.8. The molecule has 0 bridgehead atoms. The number of benzene rings is 2. The van der Waals surface area contributed by atoms with Crippen LogP contribution >= 0.6 is 0 Å². The Balaban J connectivity index is 2.00. The fourth-order valence-corrected chi connectivity index (χ4v) is 3.83. The van der Waals surface area contributed by atoms with Gasteiger partial charge in [-0.3, -0.25) is 4.79 Å². The average molecular weight is 396 g/mol. The summed E-state index contributed by atoms with van der Waals surface area (Å²) in [5, 5.41) is 2.97. The number of nitrogens with one attached hydrogen (secondary N) is 1. The van der Waals surface area contributed by atoms with Crippen LogP contribution in [-0.2, 0) is 9.53 Å². The molecule has 2 atom stereocenters. The Hall–Kier alpha value is -3.02. The molecule has 1 aliphatic rings. The monoisotopic (exact) mass is 396 g/mol. The highest BCUT2D eigenvalue weighted by Crippen LogP contribution is 2.39. The Kier molecular flexibility index (Phi) is 6.11. The van der Waals surface area contributed by atoms with Gasteiger partial charge in [0.2, 0.25) is 5.91 Å². The van der Waals surface area contributed by atoms with Crippen molar-refractivity contribution in [2.24, 2.45) is 0 Å². The molecule has 0 radical (unpaired) electrons. The third-order valence-corrected chi connectivity index (χ3v) is 5.08. The predicted molar refractivity (Wildman–Crippen MR) is 113 cm³/mol. The van der Waals surface area contributed by atoms with E-state index in [-0.39, 0.29) is 24.1 Å². The number of amides is 2. The standard InChI is InChI=1S/C23H28N2O4/c1-14(2)29-23(27)24-21-12-15(3)25(16(4)26)22-11-8-18(13-20(21)22)17-6-9-19(28-5)10-7-17/h6-11,13-15,21H,12H2,1-5H3,(H,24,27)/t15-,21+/m0/s1. The topological polar surface area (TPSA) is 67.9 Å². The minimum atomic E-state index is -0.450. The van der Waals surface area contributed by atoms with Gasteiger partial charge in [-0.25, -0.2) is 4.79 Å². The fourth-order valence-electron chi connectivity index (χ4n) is 3.83. The van der Waals surface area contributed by atoms with Gasteiger partial charge in [-0.1, -0.05) is 18.2 Å². The Morgan fingerprint density at radius 1 is 1.10 bits per heavy atom. The second-order valence-electron chi connectivity index (χ2n) is 7.63. The van der Waals surface area contributed by atoms with E-state index < -0.39 is 6.09 Å². The van der Waals surface area contributed by atoms with Crippen LogP contribution in [0.25, 0.3) is 11.1 Å². The maximum absolute atomic E-state index is 12.3. The molecule has 2 aromatic rings. The number of alkyl carbamates (subject to hydrolysis) is 1. The van der Waals surface area contributed by atoms with Crippen molar-refractivity contribution in [3.63, 3.8) is 0 Å². The molecule has 1 N–H and O–H groups in total. The summed E-state index contributed by atoms with van der Waals surface area (Å²) in [4.78, 5) is 26.3. The number of anilines is 1. The van der Waals surface area contributed by atoms with Crippen molar-refractivity contribution >= 4 is 17.7 Å². The van der Waals surface area contributed by atoms with E-state index in [4.69, 9.17) is 9.47 Å². The zero-order valence-electron chi connectivity index (χ0n) is 17.6. The van der Waals surface area contributed by atoms with E-state index in [1.807, 2.05) is 63.2 Å². The van der Waals surface area contributed by atoms with Gasteiger partial charge in [0.1, 0.15) is 5.75 Å². The van der Waals surface area contributed by atoms with E-state index in [1.54, 1.807) is 18.9 Å². The molecule has 0 fully saturated rings. The molecule has 3 rings (SSSR count). The fraction of sp³-hybridized carbons (Fsp3) is 0.391. The van der Waals surface area contributed by atoms with Crippen LogP contribution in [0.4, 0.5) is 10.5 Å². The number of hydrogen-bond donors (Lipinski definition) is 1. The average Bonchev–Trinajstić information content (AvgIpc) is 2.67. The summed E-state index contributed by atoms with van der Waals surface area (Å²) in [6.45, 7) is 7.19. The number of carbonyl (C=O) groups is 2. The highest BCUT2D eigenvalue weighted by Gasteiger charge is 2.33. The van der Waals surface area contributed by atoms with Crippen LogP contribution in [0.15, 0.2) is 42.5 Å². The Bertz CT molecular complexity index is 892. The molecule has 0 aromatic heterocycles. The molecule has 154 valence electrons. The van der Waals surface area contributed by atoms with Crippen LogP contribution in [-0.4, -0.2) is 31.3 Å². The SMILES string of the molecule is COc1ccc(-c2ccc3c(c2)[C@H](NC(=O)OC(C)C)C[C@H](C)N3C(C)=O)cc1. The van der Waals surface area contributed by atoms with Crippen molar-refractivity contribution in [3.8, 4) is 16.9 Å². The second kappa shape index (κ2) is 8.55. The summed E-state index contributed by atoms with van der Waals surface area (Å²) in [5.41, 5.74) is 3.77. The quantitative estimate of drug-likeness (QED) is 0.815. The van der Waals surface area contributed by atoms with Crippen LogP contribution < -0.4 is 15.0 Å². The van der Waals surface area contributed by atoms with Crippen molar-refractivity contribution in [1.82, 2.24) is 5.32 Å². The van der Waals surface area contributed by atoms with Crippen molar-refractivity contribution < 1.29 is 19.1 Å². The molecule has 0 spiro atoms. The van der Waals surface area contributed by atoms with Gasteiger partial charge in [0.05, 0.1) is 19.3 Å². The summed E-state index contributed by atoms with van der Waals surface area (Å²) in [6, 6.07) is 13.5. The lowest BCUT2D eigenvalue weighted by Gasteiger charge is -2.39. The number of fused-ring (bicyclic) bond motifs is 1. The molecule has 1 aliphatic heterocycles. The zero-order chi connectivity index (χ0) is 21.1. The van der Waals surface area contributed by atoms with Crippen LogP contribution in [0.5, 0.6) is 5.75 Å². The normalized spacial score (nSPS) is 18.2. The summed E-state index contributed by atoms with van der Waals surface area (Å²) in [7, 11) is 1.64. The number of nitrogens with zero attached hydrogens (tertiary/aromatic N) is 1. The van der Waals surface area contributed by atoms with Crippen LogP contribution in [0.2, 0.25) is 0 Å². The summed E-state index contributed by atoms with van der Waals surface area (Å²) >= 11 is 0. The predicted octanol–water partition coefficient (Wildman–Crippen LogP) is 4.68. The molecule has 2 aromatic carbocycles. The highest BCUT2D eigenvalue weighted by atomic mass is 16.6. The third kappa shape index (κ3) is 4.53. The number of methoxy groups -OCH3 is 1. The Morgan fingerprint density at radius 3 is 2.34 bits per heavy atom. The van der Waals surface area contributed by atoms with Gasteiger partial charge in [-0.15, -0.1) is 0 Å². The first-order valence-corrected chi connectivity index (χ1v) is 9.85. The first kappa shape index (κ1) is 20.7. The van der Waals surface area contributed by atoms with E-state index in [9.17, 15) is 9.59 Å². The summed E-state index contributed by atoms with van der Waals surface area (Å²) in [5.74, 6) is 0.776. The summed E-state index contributed by atoms with van der Waals surface area (Å²) in [6.07, 6.45) is -0.0321. The van der Waals surface area contributed by atoms with Gasteiger partial charge in [-0.2, -0.15) is 0 Å². The first-order valence-electron chi connectivity index (χ1n) is 9.85. The lowest BCUT2D eigenvalue weighted by atomic mass is 9.89. The van der Waals surface area contributed by atoms with Gasteiger partial charge < -0.3 is 19.7 Å². The zero-order valence-corrected chi connectivity index (χ0v) is 17.6. The molecular formula is C23H28N2O4. The molecule has 0 unspecified atom stereocenters. The molecule has 0 saturated carbocycles. The van der Waals surface area contributed by atoms with E-state index in [2.05, 4.69) is 5.32 Å². The molecule has 0 saturated heterocycles. The Morgan fingerprint density at radius 2 is 1.76 bits per heavy atom. The molecule has 0 aliphatic carbocycles. The maximum Gasteiger partial charge on any atom is 0.407 e. The van der Waals surface area contributed by atoms with Crippen LogP contribution in [0, 0.1) is 0 Å². The van der Waals surface area contributed by atoms with Gasteiger partial charge in [0.25, 0.3) is 0 Å². The minimum absolute atomic E-state index is 0.0147. The lowest BCUT2D eigenvalue weighted by molar-refractivity contribution is -0.117. The van der Waals surface area contributed by atoms with Crippen LogP contribution in [0.1, 0.15) is 45.7 Å². The van der Waals surface area contributed by atoms with E-state index in [0.717, 1.165) is 28.1 Å². The molecule has 29 heavy (non-hydrogen) atoms. The van der Waals surface area contributed by atoms with Gasteiger partial charge in [0, 0.05) is 18.7 Å². The number of hydrogen-bond acceptors (Lipinski definition) is 4. The van der Waals surface area contributed by atoms with Crippen molar-refractivity contribution in [2.75, 3.05) is 12.0 Å². The third-order valence-electron chi connectivity index (χ3n) is 5.08. The largest absolute Gasteiger partial charge is 0.497 e. The molecule has 2 amide bonds. The highest BCUT2D eigenvalue weighted by molar-refractivity contribution is 5.94. The van der Waals surface area contributed by atoms with E-state index in [0.29, 0.717) is 6.42 Å². The van der Waals surface area contributed by atoms with Gasteiger partial charge >= 0.3 is 6.09 Å². The second-order valence-corrected chi connectivity index (χ2v) is 7.63. The lowest BCUT2D eigenvalue weighted by Crippen LogP contribution is -2.45. The molecular weight excluding hydrogens is 368 g/mol. The number of carbonyl (C=O) groups excluding carboxylic acids is 2. The number of ether oxygens (including phenoxy) is 2. The van der Waals surface area contributed by atoms with Crippen molar-refractivity contribution in [2.45, 2.75) is 52.3 Å². The molecule has 1 heterocycles. The van der Waals surface area contributed by atoms with Crippen molar-refractivity contribution in [3.05, 3.63) is 48.0 Å². The number of rotatable bonds is 4. The van der Waals surface area contributed by atoms with E-state index >= 15 is 0 Å². The van der Waals surface area contributed by atoms with Crippen molar-refractivity contribution in [1.29, 1.82) is 0 Å². The molecule has 6 heteroatoms. The van der Waals surface area contributed by atoms with E-state index in [1.165, 1.54) is 0 Å². The smallest absolute Gasteiger partial charge is 0.407 e. The maximum atomic E-state index is 12.3. The van der Waals surface area contributed by atoms with Gasteiger partial charge in [0.15, 0.2) is 0 Å². The summed E-state index contributed by atoms with van der Waals surface area (Å²) < 4.78 is 10.5. The molecule has 6 nitrogen and oxygen atoms in total. The Labute approximate surface area is 171 Å². The van der Waals surface area contributed by atoms with Crippen LogP contribution in [0.3, 0.4) is 0 Å².